The van der Waals surface area contributed by atoms with Crippen molar-refractivity contribution < 1.29 is 46.5 Å². The van der Waals surface area contributed by atoms with Crippen molar-refractivity contribution in [3.63, 3.8) is 0 Å². The van der Waals surface area contributed by atoms with Crippen LogP contribution in [-0.4, -0.2) is 78.2 Å². The third-order valence-electron chi connectivity index (χ3n) is 7.84. The van der Waals surface area contributed by atoms with Gasteiger partial charge in [-0.1, -0.05) is 23.2 Å². The summed E-state index contributed by atoms with van der Waals surface area (Å²) >= 11 is 11.9. The molecule has 0 radical (unpaired) electrons. The molecule has 0 aliphatic heterocycles. The Hall–Kier alpha value is -4.44. The number of carbonyl (C=O) groups is 2. The van der Waals surface area contributed by atoms with E-state index in [-0.39, 0.29) is 46.4 Å². The van der Waals surface area contributed by atoms with Crippen LogP contribution in [0.15, 0.2) is 48.8 Å². The van der Waals surface area contributed by atoms with E-state index in [9.17, 15) is 27.2 Å². The summed E-state index contributed by atoms with van der Waals surface area (Å²) in [6, 6.07) is 8.88. The number of alkyl halides is 4. The van der Waals surface area contributed by atoms with E-state index in [1.807, 2.05) is 0 Å². The number of aromatic nitrogens is 6. The number of ether oxygens (including phenoxy) is 3. The number of hydrogen-bond donors (Lipinski definition) is 1. The van der Waals surface area contributed by atoms with Gasteiger partial charge in [-0.2, -0.15) is 0 Å². The van der Waals surface area contributed by atoms with E-state index in [0.29, 0.717) is 37.3 Å². The lowest BCUT2D eigenvalue weighted by Crippen LogP contribution is -2.24. The molecule has 4 heterocycles. The molecular formula is C32H32Cl2F4N6O6. The van der Waals surface area contributed by atoms with Gasteiger partial charge in [0.25, 0.3) is 0 Å². The van der Waals surface area contributed by atoms with Crippen molar-refractivity contribution >= 4 is 35.1 Å². The lowest BCUT2D eigenvalue weighted by atomic mass is 10.1. The predicted octanol–water partition coefficient (Wildman–Crippen LogP) is 7.34. The Morgan fingerprint density at radius 2 is 1.20 bits per heavy atom. The third-order valence-corrected chi connectivity index (χ3v) is 8.42. The van der Waals surface area contributed by atoms with Crippen molar-refractivity contribution in [1.29, 1.82) is 0 Å². The number of carbonyl (C=O) groups excluding carboxylic acids is 1. The monoisotopic (exact) mass is 742 g/mol. The zero-order valence-corrected chi connectivity index (χ0v) is 28.5. The summed E-state index contributed by atoms with van der Waals surface area (Å²) in [5, 5.41) is 16.9. The zero-order valence-electron chi connectivity index (χ0n) is 27.0. The summed E-state index contributed by atoms with van der Waals surface area (Å²) in [6.45, 7) is 5.10. The van der Waals surface area contributed by atoms with Crippen LogP contribution in [0, 0.1) is 10.8 Å². The molecule has 0 atom stereocenters. The maximum absolute atomic E-state index is 12.9. The van der Waals surface area contributed by atoms with E-state index in [1.165, 1.54) is 39.8 Å². The summed E-state index contributed by atoms with van der Waals surface area (Å²) in [6.07, 6.45) is 0.0790. The molecule has 2 fully saturated rings. The second-order valence-corrected chi connectivity index (χ2v) is 13.6. The fourth-order valence-corrected chi connectivity index (χ4v) is 4.84. The van der Waals surface area contributed by atoms with Crippen molar-refractivity contribution in [2.45, 2.75) is 64.9 Å². The molecule has 18 heteroatoms. The van der Waals surface area contributed by atoms with Crippen LogP contribution < -0.4 is 9.47 Å². The number of carboxylic acid groups (broad SMARTS) is 1. The molecule has 50 heavy (non-hydrogen) atoms. The van der Waals surface area contributed by atoms with Gasteiger partial charge in [0.15, 0.2) is 11.6 Å². The zero-order chi connectivity index (χ0) is 36.4. The summed E-state index contributed by atoms with van der Waals surface area (Å²) < 4.78 is 70.2. The van der Waals surface area contributed by atoms with Gasteiger partial charge in [-0.15, -0.1) is 10.2 Å². The molecule has 0 spiro atoms. The number of aromatic carboxylic acids is 1. The van der Waals surface area contributed by atoms with Crippen molar-refractivity contribution in [3.05, 3.63) is 70.2 Å². The normalized spacial score (nSPS) is 15.7. The van der Waals surface area contributed by atoms with E-state index in [2.05, 4.69) is 20.2 Å². The van der Waals surface area contributed by atoms with Crippen molar-refractivity contribution in [2.24, 2.45) is 10.8 Å². The molecule has 2 aliphatic carbocycles. The molecule has 4 aromatic rings. The highest BCUT2D eigenvalue weighted by Gasteiger charge is 2.52. The minimum Gasteiger partial charge on any atom is -0.478 e. The van der Waals surface area contributed by atoms with Crippen LogP contribution in [0.2, 0.25) is 10.3 Å². The molecule has 2 aliphatic rings. The molecule has 6 rings (SSSR count). The van der Waals surface area contributed by atoms with Gasteiger partial charge in [0, 0.05) is 24.5 Å². The first-order valence-corrected chi connectivity index (χ1v) is 16.0. The second kappa shape index (κ2) is 14.4. The maximum Gasteiger partial charge on any atom is 0.341 e. The van der Waals surface area contributed by atoms with Gasteiger partial charge in [-0.05, 0) is 70.7 Å². The first kappa shape index (κ1) is 36.8. The Kier molecular flexibility index (Phi) is 10.6. The van der Waals surface area contributed by atoms with E-state index in [0.717, 1.165) is 0 Å². The molecule has 1 N–H and O–H groups in total. The highest BCUT2D eigenvalue weighted by atomic mass is 35.5. The number of hydrogen-bond acceptors (Lipinski definition) is 9. The molecule has 4 aromatic heterocycles. The van der Waals surface area contributed by atoms with Gasteiger partial charge in [-0.25, -0.2) is 46.5 Å². The smallest absolute Gasteiger partial charge is 0.341 e. The molecule has 0 amide bonds. The summed E-state index contributed by atoms with van der Waals surface area (Å²) in [5.41, 5.74) is -2.71. The predicted molar refractivity (Wildman–Crippen MR) is 171 cm³/mol. The molecular weight excluding hydrogens is 711 g/mol. The quantitative estimate of drug-likeness (QED) is 0.0889. The number of pyridine rings is 2. The molecule has 0 aromatic carbocycles. The van der Waals surface area contributed by atoms with E-state index < -0.39 is 41.2 Å². The van der Waals surface area contributed by atoms with Crippen LogP contribution in [0.1, 0.15) is 67.2 Å². The van der Waals surface area contributed by atoms with Crippen LogP contribution in [-0.2, 0) is 4.74 Å². The van der Waals surface area contributed by atoms with Gasteiger partial charge in [0.1, 0.15) is 29.1 Å². The lowest BCUT2D eigenvalue weighted by molar-refractivity contribution is 0.00687. The average molecular weight is 744 g/mol. The second-order valence-electron chi connectivity index (χ2n) is 12.9. The molecule has 0 bridgehead atoms. The van der Waals surface area contributed by atoms with Crippen LogP contribution >= 0.6 is 23.2 Å². The fourth-order valence-electron chi connectivity index (χ4n) is 4.38. The fraction of sp³-hybridized carbons (Fsp3) is 0.438. The van der Waals surface area contributed by atoms with Crippen molar-refractivity contribution in [1.82, 2.24) is 29.5 Å². The number of esters is 1. The van der Waals surface area contributed by atoms with Crippen LogP contribution in [0.3, 0.4) is 0 Å². The first-order chi connectivity index (χ1) is 23.5. The number of nitrogens with zero attached hydrogens (tertiary/aromatic N) is 6. The van der Waals surface area contributed by atoms with Crippen LogP contribution in [0.5, 0.6) is 11.8 Å². The van der Waals surface area contributed by atoms with E-state index >= 15 is 0 Å². The van der Waals surface area contributed by atoms with Crippen molar-refractivity contribution in [3.8, 4) is 23.4 Å². The van der Waals surface area contributed by atoms with E-state index in [4.69, 9.17) is 42.5 Å². The SMILES string of the molecule is CC(C)(C)OC(=O)c1ccc(-n2ccc(OCC3(C(F)F)CC3)n2)nc1Cl.O=C(O)c1ccc(-n2ccc(OCC3(C(F)F)CC3)n2)nc1Cl. The highest BCUT2D eigenvalue weighted by molar-refractivity contribution is 6.32. The van der Waals surface area contributed by atoms with Crippen molar-refractivity contribution in [2.75, 3.05) is 13.2 Å². The Morgan fingerprint density at radius 3 is 1.54 bits per heavy atom. The molecule has 0 saturated heterocycles. The minimum atomic E-state index is -2.41. The molecule has 12 nitrogen and oxygen atoms in total. The Balaban J connectivity index is 0.000000197. The van der Waals surface area contributed by atoms with E-state index in [1.54, 1.807) is 39.1 Å². The molecule has 268 valence electrons. The van der Waals surface area contributed by atoms with Crippen LogP contribution in [0.4, 0.5) is 17.6 Å². The van der Waals surface area contributed by atoms with Gasteiger partial charge in [0.05, 0.1) is 22.0 Å². The molecule has 0 unspecified atom stereocenters. The summed E-state index contributed by atoms with van der Waals surface area (Å²) in [7, 11) is 0. The largest absolute Gasteiger partial charge is 0.478 e. The third kappa shape index (κ3) is 8.82. The Bertz CT molecular complexity index is 1860. The first-order valence-electron chi connectivity index (χ1n) is 15.2. The highest BCUT2D eigenvalue weighted by Crippen LogP contribution is 2.51. The Labute approximate surface area is 293 Å². The van der Waals surface area contributed by atoms with Gasteiger partial charge >= 0.3 is 11.9 Å². The number of halogens is 6. The summed E-state index contributed by atoms with van der Waals surface area (Å²) in [4.78, 5) is 31.1. The number of carboxylic acids is 1. The van der Waals surface area contributed by atoms with Gasteiger partial charge < -0.3 is 19.3 Å². The molecule has 2 saturated carbocycles. The maximum atomic E-state index is 12.9. The van der Waals surface area contributed by atoms with Gasteiger partial charge in [0.2, 0.25) is 24.6 Å². The topological polar surface area (TPSA) is 143 Å². The average Bonchev–Trinajstić information content (AvgIpc) is 3.91. The minimum absolute atomic E-state index is 0.0191. The van der Waals surface area contributed by atoms with Gasteiger partial charge in [-0.3, -0.25) is 0 Å². The standard InChI is InChI=1S/C18H20ClF2N3O3.C14H12ClF2N3O3/c1-17(2,3)27-15(25)11-4-5-12(22-14(11)19)24-9-6-13(23-24)26-10-18(7-8-18)16(20)21;15-11-8(12(21)22)1-2-9(18-11)20-6-3-10(19-20)23-7-14(4-5-14)13(16)17/h4-6,9,16H,7-8,10H2,1-3H3;1-3,6,13H,4-5,7H2,(H,21,22). The lowest BCUT2D eigenvalue weighted by Gasteiger charge is -2.19. The number of rotatable bonds is 12. The van der Waals surface area contributed by atoms with Crippen LogP contribution in [0.25, 0.3) is 11.6 Å². The Morgan fingerprint density at radius 1 is 0.780 bits per heavy atom. The summed E-state index contributed by atoms with van der Waals surface area (Å²) in [5.74, 6) is -0.687.